The lowest BCUT2D eigenvalue weighted by Crippen LogP contribution is -2.48. The molecule has 2 aromatic rings. The highest BCUT2D eigenvalue weighted by Crippen LogP contribution is 2.21. The summed E-state index contributed by atoms with van der Waals surface area (Å²) in [7, 11) is 5.38. The molecule has 160 valence electrons. The number of guanidine groups is 1. The van der Waals surface area contributed by atoms with Gasteiger partial charge in [0.25, 0.3) is 0 Å². The molecule has 1 saturated heterocycles. The molecule has 1 aliphatic rings. The zero-order valence-electron chi connectivity index (χ0n) is 17.2. The molecule has 1 aromatic carbocycles. The Morgan fingerprint density at radius 3 is 2.93 bits per heavy atom. The summed E-state index contributed by atoms with van der Waals surface area (Å²) >= 11 is 0. The van der Waals surface area contributed by atoms with E-state index in [1.807, 2.05) is 50.8 Å². The van der Waals surface area contributed by atoms with Crippen LogP contribution in [0.3, 0.4) is 0 Å². The summed E-state index contributed by atoms with van der Waals surface area (Å²) in [5, 5.41) is 7.66. The van der Waals surface area contributed by atoms with E-state index in [0.29, 0.717) is 13.2 Å². The van der Waals surface area contributed by atoms with Crippen molar-refractivity contribution in [1.82, 2.24) is 20.0 Å². The van der Waals surface area contributed by atoms with Gasteiger partial charge >= 0.3 is 0 Å². The first-order valence-corrected chi connectivity index (χ1v) is 9.52. The minimum Gasteiger partial charge on any atom is -0.497 e. The number of hydrogen-bond donors (Lipinski definition) is 1. The maximum Gasteiger partial charge on any atom is 0.193 e. The number of nitrogens with one attached hydrogen (secondary N) is 1. The number of benzene rings is 1. The number of ether oxygens (including phenoxy) is 3. The molecule has 0 spiro atoms. The number of aryl methyl sites for hydroxylation is 1. The van der Waals surface area contributed by atoms with E-state index in [1.165, 1.54) is 0 Å². The van der Waals surface area contributed by atoms with Crippen LogP contribution in [0, 0.1) is 0 Å². The maximum absolute atomic E-state index is 5.91. The quantitative estimate of drug-likeness (QED) is 0.265. The molecule has 9 heteroatoms. The number of halogens is 1. The minimum atomic E-state index is 0. The number of nitrogens with zero attached hydrogens (tertiary/aromatic N) is 4. The van der Waals surface area contributed by atoms with Gasteiger partial charge < -0.3 is 24.4 Å². The van der Waals surface area contributed by atoms with Crippen molar-refractivity contribution < 1.29 is 14.2 Å². The van der Waals surface area contributed by atoms with Crippen molar-refractivity contribution in [2.75, 3.05) is 47.0 Å². The third-order valence-electron chi connectivity index (χ3n) is 4.59. The predicted octanol–water partition coefficient (Wildman–Crippen LogP) is 2.46. The Morgan fingerprint density at radius 1 is 1.38 bits per heavy atom. The van der Waals surface area contributed by atoms with E-state index in [4.69, 9.17) is 14.2 Å². The molecular formula is C20H30IN5O3. The topological polar surface area (TPSA) is 73.1 Å². The first-order valence-electron chi connectivity index (χ1n) is 9.52. The third-order valence-corrected chi connectivity index (χ3v) is 4.59. The fourth-order valence-corrected chi connectivity index (χ4v) is 3.14. The Morgan fingerprint density at radius 2 is 2.21 bits per heavy atom. The smallest absolute Gasteiger partial charge is 0.193 e. The lowest BCUT2D eigenvalue weighted by atomic mass is 10.1. The van der Waals surface area contributed by atoms with Crippen molar-refractivity contribution >= 4 is 29.9 Å². The van der Waals surface area contributed by atoms with E-state index >= 15 is 0 Å². The summed E-state index contributed by atoms with van der Waals surface area (Å²) < 4.78 is 18.7. The molecule has 0 saturated carbocycles. The number of aliphatic imine (C=N–C) groups is 1. The van der Waals surface area contributed by atoms with Crippen LogP contribution < -0.4 is 14.8 Å². The minimum absolute atomic E-state index is 0. The molecule has 3 rings (SSSR count). The van der Waals surface area contributed by atoms with Crippen molar-refractivity contribution in [2.24, 2.45) is 12.0 Å². The summed E-state index contributed by atoms with van der Waals surface area (Å²) in [5.74, 6) is 2.50. The third kappa shape index (κ3) is 6.77. The molecule has 0 amide bonds. The zero-order chi connectivity index (χ0) is 19.8. The molecule has 1 N–H and O–H groups in total. The Labute approximate surface area is 189 Å². The van der Waals surface area contributed by atoms with Gasteiger partial charge in [-0.15, -0.1) is 24.0 Å². The molecule has 0 aliphatic carbocycles. The fraction of sp³-hybridized carbons (Fsp3) is 0.500. The summed E-state index contributed by atoms with van der Waals surface area (Å²) in [5.41, 5.74) is 1.09. The summed E-state index contributed by atoms with van der Waals surface area (Å²) in [4.78, 5) is 6.65. The van der Waals surface area contributed by atoms with Gasteiger partial charge in [-0.05, 0) is 18.6 Å². The number of methoxy groups -OCH3 is 1. The number of morpholine rings is 1. The average Bonchev–Trinajstić information content (AvgIpc) is 3.17. The van der Waals surface area contributed by atoms with E-state index < -0.39 is 0 Å². The van der Waals surface area contributed by atoms with Crippen molar-refractivity contribution in [3.05, 3.63) is 42.2 Å². The lowest BCUT2D eigenvalue weighted by Gasteiger charge is -2.34. The van der Waals surface area contributed by atoms with Crippen LogP contribution >= 0.6 is 24.0 Å². The number of aromatic nitrogens is 2. The van der Waals surface area contributed by atoms with Crippen LogP contribution in [-0.2, 0) is 11.8 Å². The van der Waals surface area contributed by atoms with E-state index in [-0.39, 0.29) is 30.1 Å². The van der Waals surface area contributed by atoms with Crippen LogP contribution in [0.25, 0.3) is 0 Å². The van der Waals surface area contributed by atoms with Crippen LogP contribution in [0.2, 0.25) is 0 Å². The second kappa shape index (κ2) is 11.9. The highest BCUT2D eigenvalue weighted by molar-refractivity contribution is 14.0. The van der Waals surface area contributed by atoms with Crippen LogP contribution in [-0.4, -0.2) is 67.6 Å². The first kappa shape index (κ1) is 23.3. The second-order valence-corrected chi connectivity index (χ2v) is 6.61. The number of hydrogen-bond acceptors (Lipinski definition) is 5. The Bertz CT molecular complexity index is 783. The highest BCUT2D eigenvalue weighted by atomic mass is 127. The van der Waals surface area contributed by atoms with Crippen LogP contribution in [0.4, 0.5) is 0 Å². The molecule has 2 heterocycles. The SMILES string of the molecule is CN=C(NCCCOc1cccc(OC)c1)N1CCOC(c2cnn(C)c2)C1.I. The van der Waals surface area contributed by atoms with Gasteiger partial charge in [-0.1, -0.05) is 6.07 Å². The van der Waals surface area contributed by atoms with Crippen molar-refractivity contribution in [2.45, 2.75) is 12.5 Å². The fourth-order valence-electron chi connectivity index (χ4n) is 3.14. The molecule has 1 atom stereocenters. The van der Waals surface area contributed by atoms with Crippen molar-refractivity contribution in [1.29, 1.82) is 0 Å². The number of rotatable bonds is 7. The van der Waals surface area contributed by atoms with Gasteiger partial charge in [-0.25, -0.2) is 0 Å². The maximum atomic E-state index is 5.91. The molecule has 8 nitrogen and oxygen atoms in total. The molecule has 1 aromatic heterocycles. The van der Waals surface area contributed by atoms with Gasteiger partial charge in [0.2, 0.25) is 0 Å². The van der Waals surface area contributed by atoms with Crippen LogP contribution in [0.15, 0.2) is 41.7 Å². The largest absolute Gasteiger partial charge is 0.497 e. The summed E-state index contributed by atoms with van der Waals surface area (Å²) in [6.07, 6.45) is 4.74. The van der Waals surface area contributed by atoms with Gasteiger partial charge in [-0.3, -0.25) is 9.67 Å². The van der Waals surface area contributed by atoms with Crippen molar-refractivity contribution in [3.63, 3.8) is 0 Å². The normalized spacial score (nSPS) is 16.9. The molecule has 1 fully saturated rings. The Balaban J connectivity index is 0.00000300. The van der Waals surface area contributed by atoms with Crippen molar-refractivity contribution in [3.8, 4) is 11.5 Å². The highest BCUT2D eigenvalue weighted by Gasteiger charge is 2.24. The van der Waals surface area contributed by atoms with Crippen LogP contribution in [0.1, 0.15) is 18.1 Å². The van der Waals surface area contributed by atoms with Gasteiger partial charge in [0.1, 0.15) is 17.6 Å². The molecular weight excluding hydrogens is 485 g/mol. The molecule has 1 aliphatic heterocycles. The second-order valence-electron chi connectivity index (χ2n) is 6.61. The summed E-state index contributed by atoms with van der Waals surface area (Å²) in [6.45, 7) is 3.64. The van der Waals surface area contributed by atoms with E-state index in [9.17, 15) is 0 Å². The molecule has 0 radical (unpaired) electrons. The monoisotopic (exact) mass is 515 g/mol. The summed E-state index contributed by atoms with van der Waals surface area (Å²) in [6, 6.07) is 7.64. The average molecular weight is 515 g/mol. The molecule has 0 bridgehead atoms. The standard InChI is InChI=1S/C20H29N5O3.HI/c1-21-20(22-8-5-10-27-18-7-4-6-17(12-18)26-3)25-9-11-28-19(15-25)16-13-23-24(2)14-16;/h4,6-7,12-14,19H,5,8-11,15H2,1-3H3,(H,21,22);1H. The van der Waals surface area contributed by atoms with E-state index in [2.05, 4.69) is 20.3 Å². The first-order chi connectivity index (χ1) is 13.7. The Kier molecular flexibility index (Phi) is 9.52. The van der Waals surface area contributed by atoms with Gasteiger partial charge in [0.05, 0.1) is 33.1 Å². The van der Waals surface area contributed by atoms with Gasteiger partial charge in [0, 0.05) is 45.0 Å². The Hall–Kier alpha value is -2.01. The van der Waals surface area contributed by atoms with Gasteiger partial charge in [-0.2, -0.15) is 5.10 Å². The van der Waals surface area contributed by atoms with E-state index in [0.717, 1.165) is 49.1 Å². The molecule has 29 heavy (non-hydrogen) atoms. The molecule has 1 unspecified atom stereocenters. The van der Waals surface area contributed by atoms with E-state index in [1.54, 1.807) is 11.8 Å². The predicted molar refractivity (Wildman–Crippen MR) is 123 cm³/mol. The lowest BCUT2D eigenvalue weighted by molar-refractivity contribution is -0.00803. The van der Waals surface area contributed by atoms with Crippen LogP contribution in [0.5, 0.6) is 11.5 Å². The zero-order valence-corrected chi connectivity index (χ0v) is 19.5. The van der Waals surface area contributed by atoms with Gasteiger partial charge in [0.15, 0.2) is 5.96 Å².